The van der Waals surface area contributed by atoms with Crippen molar-refractivity contribution >= 4 is 5.91 Å². The number of nitrogens with zero attached hydrogens (tertiary/aromatic N) is 1. The number of carbonyl (C=O) groups is 1. The van der Waals surface area contributed by atoms with Gasteiger partial charge in [0.1, 0.15) is 12.3 Å². The van der Waals surface area contributed by atoms with Gasteiger partial charge in [0, 0.05) is 12.0 Å². The third-order valence-electron chi connectivity index (χ3n) is 5.51. The summed E-state index contributed by atoms with van der Waals surface area (Å²) in [4.78, 5) is 16.1. The minimum Gasteiger partial charge on any atom is -0.497 e. The molecule has 1 amide bonds. The van der Waals surface area contributed by atoms with Gasteiger partial charge in [-0.05, 0) is 48.4 Å². The standard InChI is InChI=1S/C23H30N2O4/c1-27-20-8-4-19(5-9-20)17-24-12-14-25(15-13-24)23(26)11-7-18-6-10-21(28-2)22(16-18)29-3/h4-6,8-10,16H,7,11-15,17H2,1-3H3/p+1. The molecule has 1 saturated heterocycles. The summed E-state index contributed by atoms with van der Waals surface area (Å²) in [6.07, 6.45) is 1.22. The summed E-state index contributed by atoms with van der Waals surface area (Å²) in [5, 5.41) is 0. The van der Waals surface area contributed by atoms with Crippen molar-refractivity contribution < 1.29 is 23.9 Å². The first-order valence-corrected chi connectivity index (χ1v) is 10.1. The zero-order valence-electron chi connectivity index (χ0n) is 17.6. The van der Waals surface area contributed by atoms with E-state index in [0.717, 1.165) is 44.0 Å². The molecule has 0 aromatic heterocycles. The van der Waals surface area contributed by atoms with Gasteiger partial charge in [-0.1, -0.05) is 6.07 Å². The van der Waals surface area contributed by atoms with Crippen molar-refractivity contribution in [1.29, 1.82) is 0 Å². The van der Waals surface area contributed by atoms with Crippen molar-refractivity contribution in [3.8, 4) is 17.2 Å². The molecule has 156 valence electrons. The second kappa shape index (κ2) is 10.2. The van der Waals surface area contributed by atoms with E-state index in [1.165, 1.54) is 10.5 Å². The average Bonchev–Trinajstić information content (AvgIpc) is 2.78. The Labute approximate surface area is 173 Å². The van der Waals surface area contributed by atoms with E-state index in [-0.39, 0.29) is 5.91 Å². The number of hydrogen-bond acceptors (Lipinski definition) is 4. The minimum atomic E-state index is 0.225. The number of ether oxygens (including phenoxy) is 3. The fraction of sp³-hybridized carbons (Fsp3) is 0.435. The predicted octanol–water partition coefficient (Wildman–Crippen LogP) is 1.57. The molecule has 6 nitrogen and oxygen atoms in total. The van der Waals surface area contributed by atoms with Gasteiger partial charge in [-0.25, -0.2) is 0 Å². The van der Waals surface area contributed by atoms with E-state index in [1.54, 1.807) is 21.3 Å². The monoisotopic (exact) mass is 399 g/mol. The van der Waals surface area contributed by atoms with Gasteiger partial charge in [0.2, 0.25) is 5.91 Å². The topological polar surface area (TPSA) is 52.4 Å². The maximum absolute atomic E-state index is 12.6. The molecule has 3 rings (SSSR count). The summed E-state index contributed by atoms with van der Waals surface area (Å²) in [6.45, 7) is 4.58. The summed E-state index contributed by atoms with van der Waals surface area (Å²) >= 11 is 0. The van der Waals surface area contributed by atoms with E-state index in [9.17, 15) is 4.79 Å². The van der Waals surface area contributed by atoms with Crippen LogP contribution in [0.3, 0.4) is 0 Å². The van der Waals surface area contributed by atoms with Gasteiger partial charge in [0.15, 0.2) is 11.5 Å². The van der Waals surface area contributed by atoms with Crippen LogP contribution in [0.5, 0.6) is 17.2 Å². The second-order valence-electron chi connectivity index (χ2n) is 7.34. The number of rotatable bonds is 8. The lowest BCUT2D eigenvalue weighted by Gasteiger charge is -2.32. The first kappa shape index (κ1) is 21.0. The molecule has 0 aliphatic carbocycles. The third kappa shape index (κ3) is 5.64. The van der Waals surface area contributed by atoms with Crippen molar-refractivity contribution in [3.63, 3.8) is 0 Å². The molecule has 6 heteroatoms. The number of aryl methyl sites for hydroxylation is 1. The number of benzene rings is 2. The molecule has 1 aliphatic heterocycles. The molecule has 2 aromatic carbocycles. The molecule has 1 aliphatic rings. The molecule has 29 heavy (non-hydrogen) atoms. The van der Waals surface area contributed by atoms with Crippen LogP contribution in [0.2, 0.25) is 0 Å². The summed E-state index contributed by atoms with van der Waals surface area (Å²) in [6, 6.07) is 14.1. The van der Waals surface area contributed by atoms with Crippen LogP contribution in [0.25, 0.3) is 0 Å². The van der Waals surface area contributed by atoms with Crippen molar-refractivity contribution in [1.82, 2.24) is 4.90 Å². The lowest BCUT2D eigenvalue weighted by Crippen LogP contribution is -3.13. The van der Waals surface area contributed by atoms with Gasteiger partial charge in [0.25, 0.3) is 0 Å². The van der Waals surface area contributed by atoms with Crippen LogP contribution in [0.15, 0.2) is 42.5 Å². The SMILES string of the molecule is COc1ccc(C[NH+]2CCN(C(=O)CCc3ccc(OC)c(OC)c3)CC2)cc1. The fourth-order valence-electron chi connectivity index (χ4n) is 3.73. The van der Waals surface area contributed by atoms with Crippen molar-refractivity contribution in [3.05, 3.63) is 53.6 Å². The van der Waals surface area contributed by atoms with Gasteiger partial charge >= 0.3 is 0 Å². The number of carbonyl (C=O) groups excluding carboxylic acids is 1. The highest BCUT2D eigenvalue weighted by Gasteiger charge is 2.23. The van der Waals surface area contributed by atoms with Crippen molar-refractivity contribution in [2.45, 2.75) is 19.4 Å². The largest absolute Gasteiger partial charge is 0.497 e. The van der Waals surface area contributed by atoms with Gasteiger partial charge in [-0.15, -0.1) is 0 Å². The summed E-state index contributed by atoms with van der Waals surface area (Å²) in [5.74, 6) is 2.52. The Morgan fingerprint density at radius 3 is 2.17 bits per heavy atom. The lowest BCUT2D eigenvalue weighted by molar-refractivity contribution is -0.917. The van der Waals surface area contributed by atoms with Crippen molar-refractivity contribution in [2.24, 2.45) is 0 Å². The molecule has 0 radical (unpaired) electrons. The number of methoxy groups -OCH3 is 3. The molecule has 0 bridgehead atoms. The van der Waals surface area contributed by atoms with Gasteiger partial charge < -0.3 is 24.0 Å². The zero-order chi connectivity index (χ0) is 20.6. The van der Waals surface area contributed by atoms with E-state index in [0.29, 0.717) is 24.3 Å². The van der Waals surface area contributed by atoms with Gasteiger partial charge in [-0.2, -0.15) is 0 Å². The van der Waals surface area contributed by atoms with Gasteiger partial charge in [0.05, 0.1) is 47.5 Å². The normalized spacial score (nSPS) is 14.5. The summed E-state index contributed by atoms with van der Waals surface area (Å²) in [5.41, 5.74) is 2.38. The summed E-state index contributed by atoms with van der Waals surface area (Å²) in [7, 11) is 4.93. The van der Waals surface area contributed by atoms with Gasteiger partial charge in [-0.3, -0.25) is 4.79 Å². The second-order valence-corrected chi connectivity index (χ2v) is 7.34. The smallest absolute Gasteiger partial charge is 0.223 e. The maximum Gasteiger partial charge on any atom is 0.223 e. The molecule has 2 aromatic rings. The fourth-order valence-corrected chi connectivity index (χ4v) is 3.73. The first-order valence-electron chi connectivity index (χ1n) is 10.1. The highest BCUT2D eigenvalue weighted by Crippen LogP contribution is 2.28. The average molecular weight is 400 g/mol. The molecule has 1 fully saturated rings. The Bertz CT molecular complexity index is 799. The van der Waals surface area contributed by atoms with Crippen LogP contribution < -0.4 is 19.1 Å². The molecule has 0 spiro atoms. The molecular formula is C23H31N2O4+. The Kier molecular flexibility index (Phi) is 7.36. The van der Waals surface area contributed by atoms with E-state index >= 15 is 0 Å². The van der Waals surface area contributed by atoms with E-state index in [2.05, 4.69) is 12.1 Å². The molecular weight excluding hydrogens is 368 g/mol. The Hall–Kier alpha value is -2.73. The number of nitrogens with one attached hydrogen (secondary N) is 1. The summed E-state index contributed by atoms with van der Waals surface area (Å²) < 4.78 is 15.8. The zero-order valence-corrected chi connectivity index (χ0v) is 17.6. The van der Waals surface area contributed by atoms with Crippen LogP contribution in [-0.2, 0) is 17.8 Å². The van der Waals surface area contributed by atoms with Crippen molar-refractivity contribution in [2.75, 3.05) is 47.5 Å². The Morgan fingerprint density at radius 1 is 0.897 bits per heavy atom. The molecule has 0 unspecified atom stereocenters. The molecule has 1 heterocycles. The van der Waals surface area contributed by atoms with Crippen LogP contribution in [0.1, 0.15) is 17.5 Å². The molecule has 0 atom stereocenters. The number of hydrogen-bond donors (Lipinski definition) is 1. The maximum atomic E-state index is 12.6. The van der Waals surface area contributed by atoms with E-state index < -0.39 is 0 Å². The van der Waals surface area contributed by atoms with Crippen LogP contribution in [-0.4, -0.2) is 58.3 Å². The molecule has 0 saturated carbocycles. The highest BCUT2D eigenvalue weighted by atomic mass is 16.5. The quantitative estimate of drug-likeness (QED) is 0.732. The number of quaternary nitrogens is 1. The minimum absolute atomic E-state index is 0.225. The Morgan fingerprint density at radius 2 is 1.55 bits per heavy atom. The third-order valence-corrected chi connectivity index (χ3v) is 5.51. The molecule has 1 N–H and O–H groups in total. The Balaban J connectivity index is 1.45. The van der Waals surface area contributed by atoms with E-state index in [4.69, 9.17) is 14.2 Å². The van der Waals surface area contributed by atoms with Crippen LogP contribution in [0.4, 0.5) is 0 Å². The van der Waals surface area contributed by atoms with E-state index in [1.807, 2.05) is 35.2 Å². The van der Waals surface area contributed by atoms with Crippen LogP contribution >= 0.6 is 0 Å². The first-order chi connectivity index (χ1) is 14.1. The number of amides is 1. The van der Waals surface area contributed by atoms with Crippen LogP contribution in [0, 0.1) is 0 Å². The number of piperazine rings is 1. The highest BCUT2D eigenvalue weighted by molar-refractivity contribution is 5.76. The predicted molar refractivity (Wildman–Crippen MR) is 112 cm³/mol. The lowest BCUT2D eigenvalue weighted by atomic mass is 10.1.